The van der Waals surface area contributed by atoms with Gasteiger partial charge in [0.05, 0.1) is 12.5 Å². The molecular weight excluding hydrogens is 202 g/mol. The van der Waals surface area contributed by atoms with E-state index in [9.17, 15) is 4.79 Å². The zero-order valence-electron chi connectivity index (χ0n) is 9.69. The van der Waals surface area contributed by atoms with Crippen molar-refractivity contribution in [2.75, 3.05) is 13.2 Å². The SMILES string of the molecule is CCOC(=O)C(CCN)Cc1ccccc1. The molecule has 0 aliphatic carbocycles. The van der Waals surface area contributed by atoms with Gasteiger partial charge in [-0.05, 0) is 31.9 Å². The van der Waals surface area contributed by atoms with Crippen molar-refractivity contribution in [3.63, 3.8) is 0 Å². The molecule has 16 heavy (non-hydrogen) atoms. The van der Waals surface area contributed by atoms with E-state index in [4.69, 9.17) is 10.5 Å². The highest BCUT2D eigenvalue weighted by Gasteiger charge is 2.19. The standard InChI is InChI=1S/C13H19NO2/c1-2-16-13(15)12(8-9-14)10-11-6-4-3-5-7-11/h3-7,12H,2,8-10,14H2,1H3. The van der Waals surface area contributed by atoms with Crippen LogP contribution in [0.15, 0.2) is 30.3 Å². The van der Waals surface area contributed by atoms with Gasteiger partial charge < -0.3 is 10.5 Å². The number of hydrogen-bond acceptors (Lipinski definition) is 3. The van der Waals surface area contributed by atoms with Gasteiger partial charge in [-0.25, -0.2) is 0 Å². The zero-order chi connectivity index (χ0) is 11.8. The molecule has 0 bridgehead atoms. The minimum atomic E-state index is -0.142. The average Bonchev–Trinajstić information content (AvgIpc) is 2.30. The predicted octanol–water partition coefficient (Wildman–Crippen LogP) is 1.76. The predicted molar refractivity (Wildman–Crippen MR) is 63.9 cm³/mol. The van der Waals surface area contributed by atoms with E-state index in [1.807, 2.05) is 37.3 Å². The number of carbonyl (C=O) groups excluding carboxylic acids is 1. The molecule has 1 aromatic carbocycles. The molecule has 3 heteroatoms. The first-order valence-electron chi connectivity index (χ1n) is 5.68. The molecule has 3 nitrogen and oxygen atoms in total. The lowest BCUT2D eigenvalue weighted by Crippen LogP contribution is -2.23. The van der Waals surface area contributed by atoms with Crippen molar-refractivity contribution >= 4 is 5.97 Å². The molecule has 0 saturated carbocycles. The first kappa shape index (κ1) is 12.7. The quantitative estimate of drug-likeness (QED) is 0.745. The Bertz CT molecular complexity index is 311. The van der Waals surface area contributed by atoms with Gasteiger partial charge in [0.15, 0.2) is 0 Å². The molecule has 88 valence electrons. The third kappa shape index (κ3) is 4.03. The van der Waals surface area contributed by atoms with Crippen LogP contribution in [0, 0.1) is 5.92 Å². The maximum Gasteiger partial charge on any atom is 0.309 e. The van der Waals surface area contributed by atoms with Gasteiger partial charge in [0, 0.05) is 0 Å². The Morgan fingerprint density at radius 1 is 1.38 bits per heavy atom. The van der Waals surface area contributed by atoms with Gasteiger partial charge in [0.2, 0.25) is 0 Å². The van der Waals surface area contributed by atoms with Crippen molar-refractivity contribution in [3.05, 3.63) is 35.9 Å². The van der Waals surface area contributed by atoms with Gasteiger partial charge >= 0.3 is 5.97 Å². The zero-order valence-corrected chi connectivity index (χ0v) is 9.69. The highest BCUT2D eigenvalue weighted by Crippen LogP contribution is 2.13. The summed E-state index contributed by atoms with van der Waals surface area (Å²) in [5.74, 6) is -0.260. The van der Waals surface area contributed by atoms with Gasteiger partial charge in [-0.3, -0.25) is 4.79 Å². The van der Waals surface area contributed by atoms with Crippen LogP contribution in [0.2, 0.25) is 0 Å². The molecule has 0 fully saturated rings. The molecule has 1 aromatic rings. The van der Waals surface area contributed by atoms with E-state index in [2.05, 4.69) is 0 Å². The molecule has 0 amide bonds. The summed E-state index contributed by atoms with van der Waals surface area (Å²) in [6.45, 7) is 2.75. The summed E-state index contributed by atoms with van der Waals surface area (Å²) in [6.07, 6.45) is 1.38. The molecule has 2 N–H and O–H groups in total. The Morgan fingerprint density at radius 3 is 2.62 bits per heavy atom. The van der Waals surface area contributed by atoms with E-state index in [1.165, 1.54) is 0 Å². The summed E-state index contributed by atoms with van der Waals surface area (Å²) < 4.78 is 5.03. The average molecular weight is 221 g/mol. The largest absolute Gasteiger partial charge is 0.466 e. The van der Waals surface area contributed by atoms with Gasteiger partial charge in [-0.15, -0.1) is 0 Å². The van der Waals surface area contributed by atoms with Gasteiger partial charge in [-0.2, -0.15) is 0 Å². The van der Waals surface area contributed by atoms with Crippen LogP contribution in [0.4, 0.5) is 0 Å². The molecule has 0 spiro atoms. The molecule has 0 saturated heterocycles. The third-order valence-electron chi connectivity index (χ3n) is 2.46. The van der Waals surface area contributed by atoms with Crippen molar-refractivity contribution in [2.45, 2.75) is 19.8 Å². The van der Waals surface area contributed by atoms with Crippen molar-refractivity contribution in [3.8, 4) is 0 Å². The molecular formula is C13H19NO2. The number of hydrogen-bond donors (Lipinski definition) is 1. The molecule has 0 heterocycles. The van der Waals surface area contributed by atoms with Crippen molar-refractivity contribution < 1.29 is 9.53 Å². The van der Waals surface area contributed by atoms with E-state index in [0.717, 1.165) is 5.56 Å². The Kier molecular flexibility index (Phi) is 5.57. The minimum absolute atomic E-state index is 0.118. The molecule has 1 rings (SSSR count). The number of rotatable bonds is 6. The third-order valence-corrected chi connectivity index (χ3v) is 2.46. The highest BCUT2D eigenvalue weighted by atomic mass is 16.5. The Hall–Kier alpha value is -1.35. The van der Waals surface area contributed by atoms with E-state index in [-0.39, 0.29) is 11.9 Å². The summed E-state index contributed by atoms with van der Waals surface area (Å²) in [5, 5.41) is 0. The van der Waals surface area contributed by atoms with Crippen LogP contribution in [0.3, 0.4) is 0 Å². The highest BCUT2D eigenvalue weighted by molar-refractivity contribution is 5.72. The Labute approximate surface area is 96.6 Å². The molecule has 0 radical (unpaired) electrons. The normalized spacial score (nSPS) is 12.1. The summed E-state index contributed by atoms with van der Waals surface area (Å²) >= 11 is 0. The van der Waals surface area contributed by atoms with Gasteiger partial charge in [-0.1, -0.05) is 30.3 Å². The van der Waals surface area contributed by atoms with Crippen LogP contribution in [0.5, 0.6) is 0 Å². The second-order valence-electron chi connectivity index (χ2n) is 3.72. The first-order valence-corrected chi connectivity index (χ1v) is 5.68. The summed E-state index contributed by atoms with van der Waals surface area (Å²) in [6, 6.07) is 9.94. The Morgan fingerprint density at radius 2 is 2.06 bits per heavy atom. The number of esters is 1. The smallest absolute Gasteiger partial charge is 0.309 e. The lowest BCUT2D eigenvalue weighted by molar-refractivity contribution is -0.148. The van der Waals surface area contributed by atoms with E-state index < -0.39 is 0 Å². The Balaban J connectivity index is 2.60. The first-order chi connectivity index (χ1) is 7.77. The van der Waals surface area contributed by atoms with Crippen LogP contribution in [0.25, 0.3) is 0 Å². The second kappa shape index (κ2) is 7.01. The topological polar surface area (TPSA) is 52.3 Å². The van der Waals surface area contributed by atoms with Crippen molar-refractivity contribution in [1.82, 2.24) is 0 Å². The fraction of sp³-hybridized carbons (Fsp3) is 0.462. The van der Waals surface area contributed by atoms with E-state index in [0.29, 0.717) is 26.0 Å². The molecule has 0 aromatic heterocycles. The fourth-order valence-corrected chi connectivity index (χ4v) is 1.66. The van der Waals surface area contributed by atoms with Crippen LogP contribution in [0.1, 0.15) is 18.9 Å². The summed E-state index contributed by atoms with van der Waals surface area (Å²) in [4.78, 5) is 11.7. The monoisotopic (exact) mass is 221 g/mol. The molecule has 1 atom stereocenters. The van der Waals surface area contributed by atoms with Crippen molar-refractivity contribution in [1.29, 1.82) is 0 Å². The molecule has 0 aliphatic rings. The summed E-state index contributed by atoms with van der Waals surface area (Å²) in [7, 11) is 0. The fourth-order valence-electron chi connectivity index (χ4n) is 1.66. The maximum atomic E-state index is 11.7. The van der Waals surface area contributed by atoms with Crippen LogP contribution >= 0.6 is 0 Å². The van der Waals surface area contributed by atoms with Crippen LogP contribution in [-0.2, 0) is 16.0 Å². The number of carbonyl (C=O) groups is 1. The number of nitrogens with two attached hydrogens (primary N) is 1. The van der Waals surface area contributed by atoms with E-state index >= 15 is 0 Å². The molecule has 1 unspecified atom stereocenters. The molecule has 0 aliphatic heterocycles. The minimum Gasteiger partial charge on any atom is -0.466 e. The second-order valence-corrected chi connectivity index (χ2v) is 3.72. The van der Waals surface area contributed by atoms with Crippen LogP contribution in [-0.4, -0.2) is 19.1 Å². The van der Waals surface area contributed by atoms with Crippen molar-refractivity contribution in [2.24, 2.45) is 11.7 Å². The van der Waals surface area contributed by atoms with Crippen LogP contribution < -0.4 is 5.73 Å². The lowest BCUT2D eigenvalue weighted by atomic mass is 9.96. The number of ether oxygens (including phenoxy) is 1. The van der Waals surface area contributed by atoms with E-state index in [1.54, 1.807) is 0 Å². The van der Waals surface area contributed by atoms with Gasteiger partial charge in [0.1, 0.15) is 0 Å². The number of benzene rings is 1. The lowest BCUT2D eigenvalue weighted by Gasteiger charge is -2.14. The summed E-state index contributed by atoms with van der Waals surface area (Å²) in [5.41, 5.74) is 6.66. The maximum absolute atomic E-state index is 11.7. The van der Waals surface area contributed by atoms with Gasteiger partial charge in [0.25, 0.3) is 0 Å².